The zero-order valence-electron chi connectivity index (χ0n) is 16.7. The third kappa shape index (κ3) is 4.54. The molecule has 1 heterocycles. The molecule has 0 aromatic heterocycles. The van der Waals surface area contributed by atoms with Gasteiger partial charge in [-0.15, -0.1) is 0 Å². The molecule has 1 aliphatic rings. The van der Waals surface area contributed by atoms with Crippen LogP contribution < -0.4 is 5.48 Å². The largest absolute Gasteiger partial charge is 0.334 e. The molecule has 3 aromatic rings. The van der Waals surface area contributed by atoms with Crippen molar-refractivity contribution in [3.8, 4) is 0 Å². The number of fused-ring (bicyclic) bond motifs is 1. The van der Waals surface area contributed by atoms with Gasteiger partial charge in [-0.05, 0) is 59.0 Å². The molecule has 5 nitrogen and oxygen atoms in total. The molecule has 3 aromatic carbocycles. The fourth-order valence-corrected chi connectivity index (χ4v) is 3.72. The lowest BCUT2D eigenvalue weighted by molar-refractivity contribution is -0.125. The Morgan fingerprint density at radius 3 is 2.35 bits per heavy atom. The Kier molecular flexibility index (Phi) is 5.91. The van der Waals surface area contributed by atoms with Crippen LogP contribution in [0.4, 0.5) is 4.39 Å². The van der Waals surface area contributed by atoms with E-state index in [0.717, 1.165) is 16.7 Å². The number of nitrogens with one attached hydrogen (secondary N) is 1. The lowest BCUT2D eigenvalue weighted by Crippen LogP contribution is -2.36. The fraction of sp³-hybridized carbons (Fsp3) is 0.120. The van der Waals surface area contributed by atoms with E-state index in [0.29, 0.717) is 36.2 Å². The molecule has 0 saturated heterocycles. The summed E-state index contributed by atoms with van der Waals surface area (Å²) in [4.78, 5) is 27.0. The van der Waals surface area contributed by atoms with E-state index in [-0.39, 0.29) is 11.7 Å². The van der Waals surface area contributed by atoms with Crippen LogP contribution >= 0.6 is 0 Å². The third-order valence-corrected chi connectivity index (χ3v) is 5.37. The van der Waals surface area contributed by atoms with Crippen LogP contribution in [0.15, 0.2) is 72.8 Å². The summed E-state index contributed by atoms with van der Waals surface area (Å²) in [6.45, 7) is 0.874. The Bertz CT molecular complexity index is 1140. The number of carbonyl (C=O) groups excluding carboxylic acids is 2. The van der Waals surface area contributed by atoms with Crippen molar-refractivity contribution in [3.63, 3.8) is 0 Å². The quantitative estimate of drug-likeness (QED) is 0.292. The van der Waals surface area contributed by atoms with Crippen molar-refractivity contribution in [2.24, 2.45) is 0 Å². The zero-order chi connectivity index (χ0) is 21.8. The number of rotatable bonds is 4. The van der Waals surface area contributed by atoms with Crippen LogP contribution in [0.5, 0.6) is 0 Å². The van der Waals surface area contributed by atoms with Crippen molar-refractivity contribution >= 4 is 23.5 Å². The highest BCUT2D eigenvalue weighted by molar-refractivity contribution is 6.24. The average Bonchev–Trinajstić information content (AvgIpc) is 2.82. The van der Waals surface area contributed by atoms with Crippen molar-refractivity contribution in [3.05, 3.63) is 106 Å². The number of benzene rings is 3. The van der Waals surface area contributed by atoms with Gasteiger partial charge in [-0.25, -0.2) is 9.87 Å². The van der Waals surface area contributed by atoms with E-state index < -0.39 is 5.91 Å². The summed E-state index contributed by atoms with van der Waals surface area (Å²) in [5.74, 6) is -1.13. The van der Waals surface area contributed by atoms with Crippen molar-refractivity contribution in [2.75, 3.05) is 6.54 Å². The molecule has 1 aliphatic heterocycles. The number of amides is 2. The van der Waals surface area contributed by atoms with Crippen molar-refractivity contribution in [2.45, 2.75) is 13.0 Å². The molecule has 6 heteroatoms. The number of nitrogens with zero attached hydrogens (tertiary/aromatic N) is 1. The predicted octanol–water partition coefficient (Wildman–Crippen LogP) is 4.07. The summed E-state index contributed by atoms with van der Waals surface area (Å²) in [6, 6.07) is 20.6. The van der Waals surface area contributed by atoms with Crippen LogP contribution in [0.25, 0.3) is 11.6 Å². The number of hydroxylamine groups is 1. The molecule has 2 amide bonds. The zero-order valence-corrected chi connectivity index (χ0v) is 16.7. The van der Waals surface area contributed by atoms with Gasteiger partial charge in [-0.3, -0.25) is 14.8 Å². The van der Waals surface area contributed by atoms with E-state index in [2.05, 4.69) is 0 Å². The highest BCUT2D eigenvalue weighted by atomic mass is 19.1. The van der Waals surface area contributed by atoms with E-state index in [4.69, 9.17) is 5.21 Å². The van der Waals surface area contributed by atoms with E-state index in [1.54, 1.807) is 40.7 Å². The lowest BCUT2D eigenvalue weighted by atomic mass is 9.95. The molecular formula is C25H21FN2O3. The summed E-state index contributed by atoms with van der Waals surface area (Å²) in [7, 11) is 0. The van der Waals surface area contributed by atoms with Gasteiger partial charge in [0.1, 0.15) is 5.82 Å². The highest BCUT2D eigenvalue weighted by Gasteiger charge is 2.25. The second-order valence-corrected chi connectivity index (χ2v) is 7.38. The van der Waals surface area contributed by atoms with E-state index in [1.807, 2.05) is 36.4 Å². The third-order valence-electron chi connectivity index (χ3n) is 5.37. The Balaban J connectivity index is 1.67. The van der Waals surface area contributed by atoms with Gasteiger partial charge in [0, 0.05) is 24.2 Å². The number of hydrogen-bond donors (Lipinski definition) is 2. The molecule has 0 radical (unpaired) electrons. The molecule has 0 bridgehead atoms. The van der Waals surface area contributed by atoms with E-state index in [9.17, 15) is 14.0 Å². The molecule has 0 atom stereocenters. The van der Waals surface area contributed by atoms with Crippen molar-refractivity contribution in [1.82, 2.24) is 10.4 Å². The summed E-state index contributed by atoms with van der Waals surface area (Å²) in [5, 5.41) is 8.89. The Hall–Kier alpha value is -3.77. The molecule has 0 spiro atoms. The van der Waals surface area contributed by atoms with E-state index >= 15 is 0 Å². The maximum Gasteiger partial charge on any atom is 0.274 e. The van der Waals surface area contributed by atoms with Crippen molar-refractivity contribution < 1.29 is 19.2 Å². The van der Waals surface area contributed by atoms with Crippen LogP contribution in [-0.2, 0) is 17.8 Å². The minimum Gasteiger partial charge on any atom is -0.334 e. The van der Waals surface area contributed by atoms with Crippen LogP contribution in [0.1, 0.15) is 32.6 Å². The second-order valence-electron chi connectivity index (χ2n) is 7.38. The first-order valence-electron chi connectivity index (χ1n) is 9.93. The second kappa shape index (κ2) is 8.93. The summed E-state index contributed by atoms with van der Waals surface area (Å²) in [5.41, 5.74) is 5.86. The molecule has 0 aliphatic carbocycles. The molecule has 0 unspecified atom stereocenters. The maximum atomic E-state index is 13.5. The number of carbonyl (C=O) groups is 2. The predicted molar refractivity (Wildman–Crippen MR) is 116 cm³/mol. The molecular weight excluding hydrogens is 395 g/mol. The fourth-order valence-electron chi connectivity index (χ4n) is 3.72. The maximum absolute atomic E-state index is 13.5. The minimum atomic E-state index is -0.595. The molecule has 0 saturated carbocycles. The average molecular weight is 416 g/mol. The smallest absolute Gasteiger partial charge is 0.274 e. The molecule has 31 heavy (non-hydrogen) atoms. The minimum absolute atomic E-state index is 0.168. The normalized spacial score (nSPS) is 13.5. The van der Waals surface area contributed by atoms with Gasteiger partial charge in [0.25, 0.3) is 11.8 Å². The standard InChI is InChI=1S/C25H21FN2O3/c26-22-10-8-19(9-11-22)23(14-17-4-2-1-3-5-17)25(30)28-13-12-18-6-7-20(24(29)27-31)15-21(18)16-28/h1-11,14-15,31H,12-13,16H2,(H,27,29)/b23-14+. The van der Waals surface area contributed by atoms with Gasteiger partial charge < -0.3 is 4.90 Å². The van der Waals surface area contributed by atoms with E-state index in [1.165, 1.54) is 12.1 Å². The molecule has 0 fully saturated rings. The Labute approximate surface area is 179 Å². The SMILES string of the molecule is O=C(NO)c1ccc2c(c1)CN(C(=O)/C(=C/c1ccccc1)c1ccc(F)cc1)CC2. The monoisotopic (exact) mass is 416 g/mol. The number of halogens is 1. The van der Waals surface area contributed by atoms with Gasteiger partial charge in [-0.1, -0.05) is 48.5 Å². The molecule has 2 N–H and O–H groups in total. The first kappa shape index (κ1) is 20.5. The van der Waals surface area contributed by atoms with Crippen LogP contribution in [0, 0.1) is 5.82 Å². The van der Waals surface area contributed by atoms with Gasteiger partial charge >= 0.3 is 0 Å². The summed E-state index contributed by atoms with van der Waals surface area (Å²) < 4.78 is 13.5. The first-order valence-corrected chi connectivity index (χ1v) is 9.93. The van der Waals surface area contributed by atoms with Crippen LogP contribution in [0.2, 0.25) is 0 Å². The van der Waals surface area contributed by atoms with Gasteiger partial charge in [0.15, 0.2) is 0 Å². The van der Waals surface area contributed by atoms with Gasteiger partial charge in [0.05, 0.1) is 0 Å². The summed E-state index contributed by atoms with van der Waals surface area (Å²) in [6.07, 6.45) is 2.46. The van der Waals surface area contributed by atoms with Gasteiger partial charge in [-0.2, -0.15) is 0 Å². The lowest BCUT2D eigenvalue weighted by Gasteiger charge is -2.30. The molecule has 4 rings (SSSR count). The first-order chi connectivity index (χ1) is 15.0. The van der Waals surface area contributed by atoms with Crippen LogP contribution in [-0.4, -0.2) is 28.5 Å². The molecule has 156 valence electrons. The van der Waals surface area contributed by atoms with Crippen LogP contribution in [0.3, 0.4) is 0 Å². The number of hydrogen-bond acceptors (Lipinski definition) is 3. The Morgan fingerprint density at radius 1 is 0.935 bits per heavy atom. The van der Waals surface area contributed by atoms with Crippen molar-refractivity contribution in [1.29, 1.82) is 0 Å². The van der Waals surface area contributed by atoms with Gasteiger partial charge in [0.2, 0.25) is 0 Å². The Morgan fingerprint density at radius 2 is 1.65 bits per heavy atom. The topological polar surface area (TPSA) is 69.6 Å². The summed E-state index contributed by atoms with van der Waals surface area (Å²) >= 11 is 0. The highest BCUT2D eigenvalue weighted by Crippen LogP contribution is 2.26.